The Morgan fingerprint density at radius 1 is 0.636 bits per heavy atom. The van der Waals surface area contributed by atoms with Gasteiger partial charge in [-0.05, 0) is 32.4 Å². The van der Waals surface area contributed by atoms with E-state index >= 15 is 0 Å². The maximum Gasteiger partial charge on any atom is 0.305 e. The third-order valence-electron chi connectivity index (χ3n) is 4.67. The fourth-order valence-corrected chi connectivity index (χ4v) is 2.93. The van der Waals surface area contributed by atoms with Crippen molar-refractivity contribution in [2.75, 3.05) is 106 Å². The molecule has 196 valence electrons. The van der Waals surface area contributed by atoms with Gasteiger partial charge in [-0.2, -0.15) is 0 Å². The lowest BCUT2D eigenvalue weighted by Gasteiger charge is -2.22. The van der Waals surface area contributed by atoms with Crippen LogP contribution in [0.25, 0.3) is 0 Å². The zero-order valence-electron chi connectivity index (χ0n) is 20.4. The zero-order valence-corrected chi connectivity index (χ0v) is 20.4. The highest BCUT2D eigenvalue weighted by atomic mass is 16.6. The topological polar surface area (TPSA) is 103 Å². The first kappa shape index (κ1) is 30.2. The van der Waals surface area contributed by atoms with Gasteiger partial charge in [0.2, 0.25) is 0 Å². The van der Waals surface area contributed by atoms with E-state index in [4.69, 9.17) is 37.9 Å². The van der Waals surface area contributed by atoms with Crippen LogP contribution >= 0.6 is 0 Å². The van der Waals surface area contributed by atoms with Gasteiger partial charge >= 0.3 is 5.97 Å². The fourth-order valence-electron chi connectivity index (χ4n) is 2.93. The molecule has 10 heteroatoms. The van der Waals surface area contributed by atoms with E-state index in [1.165, 1.54) is 0 Å². The molecule has 0 amide bonds. The number of hydrogen-bond acceptors (Lipinski definition) is 10. The summed E-state index contributed by atoms with van der Waals surface area (Å²) in [4.78, 5) is 11.1. The van der Waals surface area contributed by atoms with Gasteiger partial charge in [0.05, 0.1) is 92.0 Å². The Bertz CT molecular complexity index is 423. The minimum atomic E-state index is -0.180. The molecule has 0 aromatic rings. The van der Waals surface area contributed by atoms with Gasteiger partial charge in [0, 0.05) is 6.42 Å². The average molecular weight is 480 g/mol. The minimum Gasteiger partial charge on any atom is -0.463 e. The van der Waals surface area contributed by atoms with Crippen LogP contribution in [0.15, 0.2) is 0 Å². The van der Waals surface area contributed by atoms with E-state index in [1.807, 2.05) is 6.92 Å². The molecule has 0 radical (unpaired) electrons. The van der Waals surface area contributed by atoms with Gasteiger partial charge in [0.25, 0.3) is 0 Å². The molecular formula is C23H45NO9. The second-order valence-electron chi connectivity index (χ2n) is 7.46. The first-order valence-electron chi connectivity index (χ1n) is 12.3. The Kier molecular flexibility index (Phi) is 22.2. The van der Waals surface area contributed by atoms with Crippen molar-refractivity contribution in [2.45, 2.75) is 38.7 Å². The van der Waals surface area contributed by atoms with Crippen molar-refractivity contribution in [1.82, 2.24) is 5.32 Å². The van der Waals surface area contributed by atoms with Gasteiger partial charge in [-0.3, -0.25) is 4.79 Å². The van der Waals surface area contributed by atoms with Crippen molar-refractivity contribution in [3.63, 3.8) is 0 Å². The molecule has 33 heavy (non-hydrogen) atoms. The van der Waals surface area contributed by atoms with Crippen LogP contribution in [-0.2, 0) is 42.7 Å². The number of piperidine rings is 1. The Labute approximate surface area is 198 Å². The van der Waals surface area contributed by atoms with Crippen molar-refractivity contribution < 1.29 is 42.7 Å². The monoisotopic (exact) mass is 479 g/mol. The summed E-state index contributed by atoms with van der Waals surface area (Å²) in [5, 5.41) is 3.32. The summed E-state index contributed by atoms with van der Waals surface area (Å²) in [6.07, 6.45) is 3.78. The molecule has 10 nitrogen and oxygen atoms in total. The highest BCUT2D eigenvalue weighted by Crippen LogP contribution is 2.06. The molecule has 0 aliphatic carbocycles. The number of nitrogens with one attached hydrogen (secondary N) is 1. The van der Waals surface area contributed by atoms with E-state index in [2.05, 4.69) is 5.32 Å². The van der Waals surface area contributed by atoms with Gasteiger partial charge in [0.15, 0.2) is 0 Å². The molecule has 1 aliphatic rings. The van der Waals surface area contributed by atoms with Crippen molar-refractivity contribution >= 4 is 5.97 Å². The fraction of sp³-hybridized carbons (Fsp3) is 0.957. The molecule has 0 aromatic carbocycles. The quantitative estimate of drug-likeness (QED) is 0.160. The predicted octanol–water partition coefficient (Wildman–Crippen LogP) is 1.20. The smallest absolute Gasteiger partial charge is 0.305 e. The van der Waals surface area contributed by atoms with Crippen LogP contribution in [0.5, 0.6) is 0 Å². The number of carbonyl (C=O) groups excluding carboxylic acids is 1. The van der Waals surface area contributed by atoms with Crippen LogP contribution in [0.4, 0.5) is 0 Å². The first-order chi connectivity index (χ1) is 16.3. The van der Waals surface area contributed by atoms with E-state index in [-0.39, 0.29) is 12.6 Å². The summed E-state index contributed by atoms with van der Waals surface area (Å²) in [5.74, 6) is -0.180. The number of rotatable bonds is 24. The lowest BCUT2D eigenvalue weighted by Crippen LogP contribution is -2.33. The highest BCUT2D eigenvalue weighted by molar-refractivity contribution is 5.69. The maximum absolute atomic E-state index is 11.1. The van der Waals surface area contributed by atoms with Gasteiger partial charge in [0.1, 0.15) is 6.61 Å². The molecule has 1 rings (SSSR count). The zero-order chi connectivity index (χ0) is 23.7. The maximum atomic E-state index is 11.1. The van der Waals surface area contributed by atoms with E-state index < -0.39 is 0 Å². The molecular weight excluding hydrogens is 434 g/mol. The van der Waals surface area contributed by atoms with Crippen LogP contribution in [0.3, 0.4) is 0 Å². The standard InChI is InChI=1S/C23H45NO9/c1-2-3-23(25)33-21-19-31-17-15-29-13-11-27-9-8-26-10-12-28-14-16-30-18-20-32-22-4-6-24-7-5-22/h22,24H,2-21H2,1H3. The Balaban J connectivity index is 1.64. The summed E-state index contributed by atoms with van der Waals surface area (Å²) >= 11 is 0. The van der Waals surface area contributed by atoms with E-state index in [1.54, 1.807) is 0 Å². The van der Waals surface area contributed by atoms with Crippen LogP contribution in [-0.4, -0.2) is 118 Å². The molecule has 1 fully saturated rings. The Hall–Kier alpha value is -0.850. The molecule has 0 unspecified atom stereocenters. The first-order valence-corrected chi connectivity index (χ1v) is 12.3. The summed E-state index contributed by atoms with van der Waals surface area (Å²) in [6, 6.07) is 0. The van der Waals surface area contributed by atoms with Crippen molar-refractivity contribution in [2.24, 2.45) is 0 Å². The second kappa shape index (κ2) is 24.3. The Morgan fingerprint density at radius 3 is 1.45 bits per heavy atom. The molecule has 1 saturated heterocycles. The number of carbonyl (C=O) groups is 1. The van der Waals surface area contributed by atoms with E-state index in [0.29, 0.717) is 98.4 Å². The van der Waals surface area contributed by atoms with Crippen molar-refractivity contribution in [3.05, 3.63) is 0 Å². The van der Waals surface area contributed by atoms with Crippen LogP contribution < -0.4 is 5.32 Å². The summed E-state index contributed by atoms with van der Waals surface area (Å²) < 4.78 is 43.3. The van der Waals surface area contributed by atoms with Gasteiger partial charge in [-0.1, -0.05) is 6.92 Å². The highest BCUT2D eigenvalue weighted by Gasteiger charge is 2.12. The van der Waals surface area contributed by atoms with Crippen LogP contribution in [0.2, 0.25) is 0 Å². The molecule has 1 aliphatic heterocycles. The van der Waals surface area contributed by atoms with Crippen LogP contribution in [0, 0.1) is 0 Å². The van der Waals surface area contributed by atoms with Gasteiger partial charge in [-0.15, -0.1) is 0 Å². The third-order valence-corrected chi connectivity index (χ3v) is 4.67. The Morgan fingerprint density at radius 2 is 1.03 bits per heavy atom. The normalized spacial score (nSPS) is 14.6. The van der Waals surface area contributed by atoms with Crippen molar-refractivity contribution in [3.8, 4) is 0 Å². The number of ether oxygens (including phenoxy) is 8. The molecule has 0 atom stereocenters. The largest absolute Gasteiger partial charge is 0.463 e. The van der Waals surface area contributed by atoms with E-state index in [0.717, 1.165) is 32.4 Å². The molecule has 0 spiro atoms. The summed E-state index contributed by atoms with van der Waals surface area (Å²) in [5.41, 5.74) is 0. The molecule has 1 heterocycles. The van der Waals surface area contributed by atoms with Gasteiger partial charge < -0.3 is 43.2 Å². The minimum absolute atomic E-state index is 0.180. The lowest BCUT2D eigenvalue weighted by molar-refractivity contribution is -0.145. The second-order valence-corrected chi connectivity index (χ2v) is 7.46. The number of hydrogen-bond donors (Lipinski definition) is 1. The van der Waals surface area contributed by atoms with Crippen molar-refractivity contribution in [1.29, 1.82) is 0 Å². The molecule has 0 aromatic heterocycles. The summed E-state index contributed by atoms with van der Waals surface area (Å²) in [6.45, 7) is 11.1. The van der Waals surface area contributed by atoms with E-state index in [9.17, 15) is 4.79 Å². The lowest BCUT2D eigenvalue weighted by atomic mass is 10.1. The molecule has 0 saturated carbocycles. The molecule has 0 bridgehead atoms. The van der Waals surface area contributed by atoms with Crippen LogP contribution in [0.1, 0.15) is 32.6 Å². The predicted molar refractivity (Wildman–Crippen MR) is 123 cm³/mol. The summed E-state index contributed by atoms with van der Waals surface area (Å²) in [7, 11) is 0. The SMILES string of the molecule is CCCC(=O)OCCOCCOCCOCCOCCOCCOCCOC1CCNCC1. The van der Waals surface area contributed by atoms with Gasteiger partial charge in [-0.25, -0.2) is 0 Å². The number of esters is 1. The molecule has 1 N–H and O–H groups in total. The third kappa shape index (κ3) is 21.4. The average Bonchev–Trinajstić information content (AvgIpc) is 2.83.